The molecule has 0 saturated carbocycles. The molecule has 10 nitrogen and oxygen atoms in total. The molecule has 0 radical (unpaired) electrons. The summed E-state index contributed by atoms with van der Waals surface area (Å²) in [6, 6.07) is 7.15. The van der Waals surface area contributed by atoms with Crippen LogP contribution in [0.25, 0.3) is 5.69 Å². The number of nitrogens with one attached hydrogen (secondary N) is 1. The number of rotatable bonds is 8. The number of anilines is 1. The van der Waals surface area contributed by atoms with Crippen LogP contribution in [0.3, 0.4) is 0 Å². The van der Waals surface area contributed by atoms with E-state index in [9.17, 15) is 4.79 Å². The van der Waals surface area contributed by atoms with E-state index in [4.69, 9.17) is 4.74 Å². The number of hydrogen-bond acceptors (Lipinski definition) is 7. The monoisotopic (exact) mass is 370 g/mol. The third kappa shape index (κ3) is 5.11. The average molecular weight is 370 g/mol. The Morgan fingerprint density at radius 1 is 1.30 bits per heavy atom. The fourth-order valence-corrected chi connectivity index (χ4v) is 2.31. The summed E-state index contributed by atoms with van der Waals surface area (Å²) in [5, 5.41) is 18.1. The van der Waals surface area contributed by atoms with Gasteiger partial charge in [0, 0.05) is 12.7 Å². The number of amides is 1. The van der Waals surface area contributed by atoms with Gasteiger partial charge in [0.05, 0.1) is 24.1 Å². The van der Waals surface area contributed by atoms with Crippen molar-refractivity contribution in [3.63, 3.8) is 0 Å². The minimum Gasteiger partial charge on any atom is -0.481 e. The lowest BCUT2D eigenvalue weighted by Crippen LogP contribution is -2.30. The third-order valence-corrected chi connectivity index (χ3v) is 3.81. The van der Waals surface area contributed by atoms with Crippen LogP contribution in [0.15, 0.2) is 43.0 Å². The molecule has 0 aliphatic carbocycles. The van der Waals surface area contributed by atoms with Crippen LogP contribution < -0.4 is 10.1 Å². The van der Waals surface area contributed by atoms with Crippen LogP contribution in [0.1, 0.15) is 6.92 Å². The molecule has 0 aliphatic rings. The number of carbonyl (C=O) groups is 1. The maximum atomic E-state index is 12.3. The fraction of sp³-hybridized carbons (Fsp3) is 0.353. The molecule has 0 spiro atoms. The van der Waals surface area contributed by atoms with E-state index >= 15 is 0 Å². The molecule has 0 bridgehead atoms. The maximum absolute atomic E-state index is 12.3. The number of tetrazole rings is 1. The lowest BCUT2D eigenvalue weighted by Gasteiger charge is -2.14. The number of benzene rings is 1. The molecule has 10 heteroatoms. The zero-order valence-corrected chi connectivity index (χ0v) is 15.5. The van der Waals surface area contributed by atoms with E-state index in [1.807, 2.05) is 26.2 Å². The molecule has 1 unspecified atom stereocenters. The van der Waals surface area contributed by atoms with Crippen LogP contribution in [0.2, 0.25) is 0 Å². The van der Waals surface area contributed by atoms with Crippen LogP contribution >= 0.6 is 0 Å². The molecule has 0 saturated heterocycles. The molecular weight excluding hydrogens is 348 g/mol. The van der Waals surface area contributed by atoms with Crippen molar-refractivity contribution >= 4 is 11.6 Å². The fourth-order valence-electron chi connectivity index (χ4n) is 2.31. The highest BCUT2D eigenvalue weighted by molar-refractivity contribution is 5.93. The van der Waals surface area contributed by atoms with Crippen molar-refractivity contribution in [1.29, 1.82) is 0 Å². The molecular formula is C17H22N8O2. The van der Waals surface area contributed by atoms with Gasteiger partial charge in [0.2, 0.25) is 0 Å². The molecule has 0 fully saturated rings. The second-order valence-corrected chi connectivity index (χ2v) is 6.29. The maximum Gasteiger partial charge on any atom is 0.265 e. The summed E-state index contributed by atoms with van der Waals surface area (Å²) < 4.78 is 9.03. The highest BCUT2D eigenvalue weighted by Gasteiger charge is 2.16. The van der Waals surface area contributed by atoms with Crippen molar-refractivity contribution in [3.8, 4) is 11.4 Å². The molecule has 0 aliphatic heterocycles. The van der Waals surface area contributed by atoms with Crippen LogP contribution in [0.4, 0.5) is 5.69 Å². The number of ether oxygens (including phenoxy) is 1. The van der Waals surface area contributed by atoms with Gasteiger partial charge in [-0.1, -0.05) is 0 Å². The highest BCUT2D eigenvalue weighted by atomic mass is 16.5. The zero-order valence-electron chi connectivity index (χ0n) is 15.5. The molecule has 27 heavy (non-hydrogen) atoms. The summed E-state index contributed by atoms with van der Waals surface area (Å²) in [6.45, 7) is 3.32. The predicted molar refractivity (Wildman–Crippen MR) is 98.7 cm³/mol. The Hall–Kier alpha value is -3.27. The smallest absolute Gasteiger partial charge is 0.265 e. The first-order valence-corrected chi connectivity index (χ1v) is 8.49. The number of carbonyl (C=O) groups excluding carboxylic acids is 1. The Morgan fingerprint density at radius 2 is 2.07 bits per heavy atom. The first-order chi connectivity index (χ1) is 13.0. The lowest BCUT2D eigenvalue weighted by atomic mass is 10.3. The van der Waals surface area contributed by atoms with Crippen molar-refractivity contribution in [2.24, 2.45) is 0 Å². The number of likely N-dealkylation sites (N-methyl/N-ethyl adjacent to an activating group) is 1. The standard InChI is InChI=1S/C17H22N8O2/c1-13(17(26)20-14-10-19-24(11-14)9-8-23(2)3)27-16-6-4-15(5-7-16)25-12-18-21-22-25/h4-7,10-13H,8-9H2,1-3H3,(H,20,26). The minimum atomic E-state index is -0.658. The van der Waals surface area contributed by atoms with Gasteiger partial charge < -0.3 is 15.0 Å². The van der Waals surface area contributed by atoms with Gasteiger partial charge in [0.25, 0.3) is 5.91 Å². The van der Waals surface area contributed by atoms with E-state index in [-0.39, 0.29) is 5.91 Å². The molecule has 3 rings (SSSR count). The Labute approximate surface area is 156 Å². The lowest BCUT2D eigenvalue weighted by molar-refractivity contribution is -0.122. The van der Waals surface area contributed by atoms with Gasteiger partial charge in [-0.2, -0.15) is 5.10 Å². The number of nitrogens with zero attached hydrogens (tertiary/aromatic N) is 7. The van der Waals surface area contributed by atoms with E-state index < -0.39 is 6.10 Å². The van der Waals surface area contributed by atoms with Crippen molar-refractivity contribution in [2.45, 2.75) is 19.6 Å². The Morgan fingerprint density at radius 3 is 2.74 bits per heavy atom. The van der Waals surface area contributed by atoms with E-state index in [1.54, 1.807) is 36.1 Å². The van der Waals surface area contributed by atoms with Gasteiger partial charge in [-0.25, -0.2) is 4.68 Å². The summed E-state index contributed by atoms with van der Waals surface area (Å²) in [4.78, 5) is 14.4. The van der Waals surface area contributed by atoms with Crippen LogP contribution in [0, 0.1) is 0 Å². The van der Waals surface area contributed by atoms with Crippen LogP contribution in [-0.2, 0) is 11.3 Å². The summed E-state index contributed by atoms with van der Waals surface area (Å²) in [5.41, 5.74) is 1.44. The molecule has 3 aromatic rings. The summed E-state index contributed by atoms with van der Waals surface area (Å²) >= 11 is 0. The number of aromatic nitrogens is 6. The second-order valence-electron chi connectivity index (χ2n) is 6.29. The van der Waals surface area contributed by atoms with Crippen molar-refractivity contribution in [2.75, 3.05) is 26.0 Å². The van der Waals surface area contributed by atoms with Gasteiger partial charge in [0.15, 0.2) is 6.10 Å². The van der Waals surface area contributed by atoms with Gasteiger partial charge in [-0.3, -0.25) is 9.48 Å². The Bertz CT molecular complexity index is 857. The molecule has 2 heterocycles. The van der Waals surface area contributed by atoms with Crippen LogP contribution in [0.5, 0.6) is 5.75 Å². The van der Waals surface area contributed by atoms with Gasteiger partial charge in [-0.15, -0.1) is 5.10 Å². The van der Waals surface area contributed by atoms with Crippen molar-refractivity contribution in [3.05, 3.63) is 43.0 Å². The van der Waals surface area contributed by atoms with E-state index in [1.165, 1.54) is 11.0 Å². The molecule has 1 atom stereocenters. The first kappa shape index (κ1) is 18.5. The minimum absolute atomic E-state index is 0.244. The summed E-state index contributed by atoms with van der Waals surface area (Å²) in [6.07, 6.45) is 4.27. The molecule has 2 aromatic heterocycles. The van der Waals surface area contributed by atoms with E-state index in [0.29, 0.717) is 11.4 Å². The second kappa shape index (κ2) is 8.41. The Balaban J connectivity index is 1.53. The van der Waals surface area contributed by atoms with Gasteiger partial charge in [-0.05, 0) is 55.7 Å². The van der Waals surface area contributed by atoms with E-state index in [0.717, 1.165) is 18.8 Å². The normalized spacial score (nSPS) is 12.1. The van der Waals surface area contributed by atoms with E-state index in [2.05, 4.69) is 30.8 Å². The number of hydrogen-bond donors (Lipinski definition) is 1. The molecule has 1 aromatic carbocycles. The topological polar surface area (TPSA) is 103 Å². The predicted octanol–water partition coefficient (Wildman–Crippen LogP) is 0.826. The molecule has 1 N–H and O–H groups in total. The van der Waals surface area contributed by atoms with Gasteiger partial charge >= 0.3 is 0 Å². The highest BCUT2D eigenvalue weighted by Crippen LogP contribution is 2.16. The van der Waals surface area contributed by atoms with Gasteiger partial charge in [0.1, 0.15) is 12.1 Å². The summed E-state index contributed by atoms with van der Waals surface area (Å²) in [7, 11) is 4.00. The Kier molecular flexibility index (Phi) is 5.77. The first-order valence-electron chi connectivity index (χ1n) is 8.49. The summed E-state index contributed by atoms with van der Waals surface area (Å²) in [5.74, 6) is 0.336. The van der Waals surface area contributed by atoms with Crippen molar-refractivity contribution in [1.82, 2.24) is 34.9 Å². The molecule has 142 valence electrons. The largest absolute Gasteiger partial charge is 0.481 e. The average Bonchev–Trinajstić information content (AvgIpc) is 3.32. The quantitative estimate of drug-likeness (QED) is 0.626. The molecule has 1 amide bonds. The zero-order chi connectivity index (χ0) is 19.2. The van der Waals surface area contributed by atoms with Crippen molar-refractivity contribution < 1.29 is 9.53 Å². The van der Waals surface area contributed by atoms with Crippen LogP contribution in [-0.4, -0.2) is 67.5 Å². The third-order valence-electron chi connectivity index (χ3n) is 3.81. The SMILES string of the molecule is CC(Oc1ccc(-n2cnnn2)cc1)C(=O)Nc1cnn(CCN(C)C)c1.